The van der Waals surface area contributed by atoms with Gasteiger partial charge in [0, 0.05) is 12.6 Å². The number of benzene rings is 1. The minimum atomic E-state index is -3.72. The molecular weight excluding hydrogens is 282 g/mol. The molecule has 0 bridgehead atoms. The van der Waals surface area contributed by atoms with Crippen LogP contribution in [0.2, 0.25) is 0 Å². The van der Waals surface area contributed by atoms with E-state index in [9.17, 15) is 13.2 Å². The Balaban J connectivity index is 3.40. The number of hydrogen-bond acceptors (Lipinski definition) is 4. The summed E-state index contributed by atoms with van der Waals surface area (Å²) in [5.74, 6) is -1.10. The van der Waals surface area contributed by atoms with E-state index in [1.54, 1.807) is 20.8 Å². The Morgan fingerprint density at radius 2 is 2.00 bits per heavy atom. The van der Waals surface area contributed by atoms with Gasteiger partial charge in [-0.1, -0.05) is 6.92 Å². The lowest BCUT2D eigenvalue weighted by molar-refractivity contribution is 0.0693. The molecule has 1 aromatic rings. The molecule has 0 heterocycles. The van der Waals surface area contributed by atoms with Gasteiger partial charge in [0.1, 0.15) is 11.3 Å². The Bertz CT molecular complexity index is 595. The number of carboxylic acids is 1. The molecule has 20 heavy (non-hydrogen) atoms. The summed E-state index contributed by atoms with van der Waals surface area (Å²) in [5.41, 5.74) is -0.173. The minimum Gasteiger partial charge on any atom is -0.496 e. The van der Waals surface area contributed by atoms with E-state index in [-0.39, 0.29) is 22.3 Å². The zero-order valence-corrected chi connectivity index (χ0v) is 12.8. The minimum absolute atomic E-state index is 0.0498. The molecule has 0 spiro atoms. The Hall–Kier alpha value is -1.60. The number of methoxy groups -OCH3 is 1. The van der Waals surface area contributed by atoms with E-state index in [2.05, 4.69) is 0 Å². The Labute approximate surface area is 119 Å². The molecule has 112 valence electrons. The van der Waals surface area contributed by atoms with Crippen molar-refractivity contribution in [3.63, 3.8) is 0 Å². The highest BCUT2D eigenvalue weighted by Crippen LogP contribution is 2.25. The number of rotatable bonds is 6. The van der Waals surface area contributed by atoms with Crippen LogP contribution in [0.5, 0.6) is 5.75 Å². The largest absolute Gasteiger partial charge is 0.496 e. The van der Waals surface area contributed by atoms with E-state index < -0.39 is 16.0 Å². The van der Waals surface area contributed by atoms with E-state index in [4.69, 9.17) is 9.84 Å². The zero-order chi connectivity index (χ0) is 15.5. The van der Waals surface area contributed by atoms with Gasteiger partial charge in [0.15, 0.2) is 0 Å². The van der Waals surface area contributed by atoms with Crippen LogP contribution in [0.15, 0.2) is 23.1 Å². The van der Waals surface area contributed by atoms with Gasteiger partial charge in [0.25, 0.3) is 0 Å². The molecular formula is C13H19NO5S. The number of sulfonamides is 1. The van der Waals surface area contributed by atoms with Crippen molar-refractivity contribution >= 4 is 16.0 Å². The normalized spacial score (nSPS) is 11.9. The lowest BCUT2D eigenvalue weighted by Gasteiger charge is -2.24. The van der Waals surface area contributed by atoms with Crippen LogP contribution in [-0.2, 0) is 10.0 Å². The third-order valence-corrected chi connectivity index (χ3v) is 5.04. The summed E-state index contributed by atoms with van der Waals surface area (Å²) in [7, 11) is -2.38. The monoisotopic (exact) mass is 301 g/mol. The van der Waals surface area contributed by atoms with Gasteiger partial charge >= 0.3 is 5.97 Å². The lowest BCUT2D eigenvalue weighted by Crippen LogP contribution is -2.36. The molecule has 0 radical (unpaired) electrons. The number of aromatic carboxylic acids is 1. The first-order valence-electron chi connectivity index (χ1n) is 6.18. The van der Waals surface area contributed by atoms with Gasteiger partial charge < -0.3 is 9.84 Å². The molecule has 1 rings (SSSR count). The fraction of sp³-hybridized carbons (Fsp3) is 0.462. The van der Waals surface area contributed by atoms with Crippen LogP contribution < -0.4 is 4.74 Å². The summed E-state index contributed by atoms with van der Waals surface area (Å²) in [6.07, 6.45) is 0. The van der Waals surface area contributed by atoms with Crippen LogP contribution >= 0.6 is 0 Å². The summed E-state index contributed by atoms with van der Waals surface area (Å²) in [6.45, 7) is 5.58. The number of carboxylic acid groups (broad SMARTS) is 1. The molecule has 0 atom stereocenters. The molecule has 0 fully saturated rings. The molecule has 0 aliphatic heterocycles. The van der Waals surface area contributed by atoms with Crippen LogP contribution in [0.25, 0.3) is 0 Å². The second-order valence-corrected chi connectivity index (χ2v) is 6.36. The summed E-state index contributed by atoms with van der Waals surface area (Å²) in [6, 6.07) is 3.62. The van der Waals surface area contributed by atoms with E-state index in [1.165, 1.54) is 23.5 Å². The van der Waals surface area contributed by atoms with Crippen molar-refractivity contribution in [2.75, 3.05) is 13.7 Å². The Morgan fingerprint density at radius 1 is 1.40 bits per heavy atom. The summed E-state index contributed by atoms with van der Waals surface area (Å²) >= 11 is 0. The number of nitrogens with zero attached hydrogens (tertiary/aromatic N) is 1. The van der Waals surface area contributed by atoms with Gasteiger partial charge in [-0.2, -0.15) is 4.31 Å². The van der Waals surface area contributed by atoms with Gasteiger partial charge in [0.2, 0.25) is 10.0 Å². The first-order chi connectivity index (χ1) is 9.25. The van der Waals surface area contributed by atoms with Crippen molar-refractivity contribution in [2.24, 2.45) is 0 Å². The van der Waals surface area contributed by atoms with Gasteiger partial charge in [-0.05, 0) is 32.0 Å². The topological polar surface area (TPSA) is 83.9 Å². The fourth-order valence-electron chi connectivity index (χ4n) is 1.96. The highest BCUT2D eigenvalue weighted by Gasteiger charge is 2.27. The molecule has 0 saturated heterocycles. The average Bonchev–Trinajstić information content (AvgIpc) is 2.37. The Morgan fingerprint density at radius 3 is 2.40 bits per heavy atom. The number of hydrogen-bond donors (Lipinski definition) is 1. The van der Waals surface area contributed by atoms with Crippen molar-refractivity contribution < 1.29 is 23.1 Å². The van der Waals surface area contributed by atoms with E-state index in [0.717, 1.165) is 6.07 Å². The standard InChI is InChI=1S/C13H19NO5S/c1-5-14(9(2)3)20(17,18)10-6-7-12(19-4)11(8-10)13(15)16/h6-9H,5H2,1-4H3,(H,15,16). The maximum Gasteiger partial charge on any atom is 0.339 e. The molecule has 0 aliphatic carbocycles. The highest BCUT2D eigenvalue weighted by molar-refractivity contribution is 7.89. The molecule has 0 unspecified atom stereocenters. The molecule has 1 N–H and O–H groups in total. The maximum atomic E-state index is 12.5. The maximum absolute atomic E-state index is 12.5. The predicted molar refractivity (Wildman–Crippen MR) is 74.7 cm³/mol. The van der Waals surface area contributed by atoms with Crippen molar-refractivity contribution in [3.8, 4) is 5.75 Å². The quantitative estimate of drug-likeness (QED) is 0.866. The zero-order valence-electron chi connectivity index (χ0n) is 12.0. The average molecular weight is 301 g/mol. The fourth-order valence-corrected chi connectivity index (χ4v) is 3.64. The molecule has 0 aromatic heterocycles. The number of carbonyl (C=O) groups is 1. The van der Waals surface area contributed by atoms with E-state index >= 15 is 0 Å². The van der Waals surface area contributed by atoms with Gasteiger partial charge in [-0.3, -0.25) is 0 Å². The SMILES string of the molecule is CCN(C(C)C)S(=O)(=O)c1ccc(OC)c(C(=O)O)c1. The molecule has 7 heteroatoms. The van der Waals surface area contributed by atoms with E-state index in [1.807, 2.05) is 0 Å². The highest BCUT2D eigenvalue weighted by atomic mass is 32.2. The van der Waals surface area contributed by atoms with Gasteiger partial charge in [0.05, 0.1) is 12.0 Å². The number of ether oxygens (including phenoxy) is 1. The summed E-state index contributed by atoms with van der Waals surface area (Å²) < 4.78 is 31.2. The van der Waals surface area contributed by atoms with Crippen LogP contribution in [0.1, 0.15) is 31.1 Å². The van der Waals surface area contributed by atoms with Crippen molar-refractivity contribution in [1.29, 1.82) is 0 Å². The van der Waals surface area contributed by atoms with Crippen molar-refractivity contribution in [3.05, 3.63) is 23.8 Å². The molecule has 0 aliphatic rings. The Kier molecular flexibility index (Phi) is 5.13. The molecule has 0 saturated carbocycles. The second-order valence-electron chi connectivity index (χ2n) is 4.47. The predicted octanol–water partition coefficient (Wildman–Crippen LogP) is 1.81. The summed E-state index contributed by atoms with van der Waals surface area (Å²) in [4.78, 5) is 11.1. The molecule has 0 amide bonds. The van der Waals surface area contributed by atoms with Crippen LogP contribution in [-0.4, -0.2) is 43.5 Å². The van der Waals surface area contributed by atoms with Gasteiger partial charge in [-0.15, -0.1) is 0 Å². The second kappa shape index (κ2) is 6.23. The van der Waals surface area contributed by atoms with Crippen LogP contribution in [0.4, 0.5) is 0 Å². The smallest absolute Gasteiger partial charge is 0.339 e. The van der Waals surface area contributed by atoms with Crippen molar-refractivity contribution in [2.45, 2.75) is 31.7 Å². The van der Waals surface area contributed by atoms with E-state index in [0.29, 0.717) is 6.54 Å². The van der Waals surface area contributed by atoms with Crippen LogP contribution in [0, 0.1) is 0 Å². The molecule has 6 nitrogen and oxygen atoms in total. The van der Waals surface area contributed by atoms with Gasteiger partial charge in [-0.25, -0.2) is 13.2 Å². The first-order valence-corrected chi connectivity index (χ1v) is 7.62. The third-order valence-electron chi connectivity index (χ3n) is 2.90. The first kappa shape index (κ1) is 16.5. The molecule has 1 aromatic carbocycles. The van der Waals surface area contributed by atoms with Crippen molar-refractivity contribution in [1.82, 2.24) is 4.31 Å². The third kappa shape index (κ3) is 3.10. The summed E-state index contributed by atoms with van der Waals surface area (Å²) in [5, 5.41) is 9.10. The van der Waals surface area contributed by atoms with Crippen LogP contribution in [0.3, 0.4) is 0 Å². The lowest BCUT2D eigenvalue weighted by atomic mass is 10.2.